The van der Waals surface area contributed by atoms with Gasteiger partial charge in [0.2, 0.25) is 5.91 Å². The number of benzene rings is 1. The van der Waals surface area contributed by atoms with Crippen LogP contribution in [0.1, 0.15) is 32.1 Å². The Morgan fingerprint density at radius 1 is 1.24 bits per heavy atom. The van der Waals surface area contributed by atoms with Crippen molar-refractivity contribution in [3.8, 4) is 0 Å². The highest BCUT2D eigenvalue weighted by molar-refractivity contribution is 6.33. The first kappa shape index (κ1) is 19.2. The second-order valence-electron chi connectivity index (χ2n) is 6.29. The van der Waals surface area contributed by atoms with Crippen LogP contribution in [0.2, 0.25) is 5.02 Å². The van der Waals surface area contributed by atoms with Gasteiger partial charge in [-0.15, -0.1) is 0 Å². The van der Waals surface area contributed by atoms with Gasteiger partial charge in [-0.25, -0.2) is 0 Å². The highest BCUT2D eigenvalue weighted by Crippen LogP contribution is 2.27. The Kier molecular flexibility index (Phi) is 7.25. The minimum absolute atomic E-state index is 0.149. The van der Waals surface area contributed by atoms with Crippen LogP contribution in [0.5, 0.6) is 0 Å². The summed E-state index contributed by atoms with van der Waals surface area (Å²) in [5, 5.41) is 3.06. The van der Waals surface area contributed by atoms with Crippen molar-refractivity contribution >= 4 is 35.1 Å². The maximum absolute atomic E-state index is 12.0. The monoisotopic (exact) mass is 366 g/mol. The summed E-state index contributed by atoms with van der Waals surface area (Å²) in [6.07, 6.45) is 4.76. The van der Waals surface area contributed by atoms with Crippen LogP contribution >= 0.6 is 11.6 Å². The van der Waals surface area contributed by atoms with Gasteiger partial charge in [0, 0.05) is 13.5 Å². The molecule has 1 aliphatic carbocycles. The van der Waals surface area contributed by atoms with Crippen LogP contribution in [-0.4, -0.2) is 42.9 Å². The molecule has 1 fully saturated rings. The number of anilines is 1. The van der Waals surface area contributed by atoms with Crippen molar-refractivity contribution in [3.63, 3.8) is 0 Å². The minimum Gasteiger partial charge on any atom is -0.456 e. The van der Waals surface area contributed by atoms with E-state index < -0.39 is 5.91 Å². The number of hydrogen-bond acceptors (Lipinski definition) is 4. The standard InChI is InChI=1S/C18H23ClN2O4/c1-21(11-16(22)20-15-9-5-4-8-14(15)19)17(23)12-25-18(24)10-13-6-2-3-7-13/h4-5,8-9,13H,2-3,6-7,10-12H2,1H3,(H,20,22). The average molecular weight is 367 g/mol. The number of carbonyl (C=O) groups excluding carboxylic acids is 3. The highest BCUT2D eigenvalue weighted by atomic mass is 35.5. The molecule has 1 saturated carbocycles. The Bertz CT molecular complexity index is 629. The van der Waals surface area contributed by atoms with Crippen LogP contribution in [0.4, 0.5) is 5.69 Å². The molecule has 2 rings (SSSR count). The van der Waals surface area contributed by atoms with Crippen molar-refractivity contribution in [1.29, 1.82) is 0 Å². The van der Waals surface area contributed by atoms with Gasteiger partial charge in [-0.05, 0) is 30.9 Å². The molecule has 0 radical (unpaired) electrons. The topological polar surface area (TPSA) is 75.7 Å². The Labute approximate surface area is 152 Å². The number of ether oxygens (including phenoxy) is 1. The van der Waals surface area contributed by atoms with Crippen molar-refractivity contribution in [2.24, 2.45) is 5.92 Å². The predicted molar refractivity (Wildman–Crippen MR) is 95.3 cm³/mol. The summed E-state index contributed by atoms with van der Waals surface area (Å²) in [5.74, 6) is -0.772. The van der Waals surface area contributed by atoms with Crippen molar-refractivity contribution in [1.82, 2.24) is 4.90 Å². The van der Waals surface area contributed by atoms with Gasteiger partial charge in [-0.3, -0.25) is 14.4 Å². The van der Waals surface area contributed by atoms with Crippen LogP contribution in [-0.2, 0) is 19.1 Å². The molecule has 2 amide bonds. The van der Waals surface area contributed by atoms with Crippen LogP contribution in [0.15, 0.2) is 24.3 Å². The zero-order valence-electron chi connectivity index (χ0n) is 14.3. The molecule has 25 heavy (non-hydrogen) atoms. The van der Waals surface area contributed by atoms with Crippen molar-refractivity contribution in [2.45, 2.75) is 32.1 Å². The lowest BCUT2D eigenvalue weighted by molar-refractivity contribution is -0.152. The van der Waals surface area contributed by atoms with E-state index in [1.807, 2.05) is 0 Å². The Morgan fingerprint density at radius 3 is 2.60 bits per heavy atom. The van der Waals surface area contributed by atoms with E-state index in [1.54, 1.807) is 24.3 Å². The molecular weight excluding hydrogens is 344 g/mol. The first-order chi connectivity index (χ1) is 12.0. The lowest BCUT2D eigenvalue weighted by Gasteiger charge is -2.17. The van der Waals surface area contributed by atoms with E-state index in [4.69, 9.17) is 16.3 Å². The summed E-state index contributed by atoms with van der Waals surface area (Å²) in [5.41, 5.74) is 0.484. The fraction of sp³-hybridized carbons (Fsp3) is 0.500. The number of esters is 1. The third kappa shape index (κ3) is 6.38. The number of halogens is 1. The molecule has 0 spiro atoms. The molecule has 1 aromatic rings. The first-order valence-electron chi connectivity index (χ1n) is 8.39. The van der Waals surface area contributed by atoms with Gasteiger partial charge in [0.15, 0.2) is 6.61 Å². The zero-order chi connectivity index (χ0) is 18.2. The molecule has 1 aromatic carbocycles. The van der Waals surface area contributed by atoms with E-state index in [0.29, 0.717) is 23.0 Å². The lowest BCUT2D eigenvalue weighted by atomic mass is 10.1. The number of nitrogens with zero attached hydrogens (tertiary/aromatic N) is 1. The normalized spacial score (nSPS) is 14.2. The number of nitrogens with one attached hydrogen (secondary N) is 1. The lowest BCUT2D eigenvalue weighted by Crippen LogP contribution is -2.37. The van der Waals surface area contributed by atoms with E-state index in [0.717, 1.165) is 25.7 Å². The van der Waals surface area contributed by atoms with Crippen LogP contribution < -0.4 is 5.32 Å². The van der Waals surface area contributed by atoms with Crippen molar-refractivity contribution < 1.29 is 19.1 Å². The number of amides is 2. The molecule has 7 heteroatoms. The van der Waals surface area contributed by atoms with Gasteiger partial charge >= 0.3 is 5.97 Å². The molecular formula is C18H23ClN2O4. The van der Waals surface area contributed by atoms with E-state index >= 15 is 0 Å². The van der Waals surface area contributed by atoms with Crippen LogP contribution in [0, 0.1) is 5.92 Å². The van der Waals surface area contributed by atoms with Gasteiger partial charge < -0.3 is 15.0 Å². The maximum atomic E-state index is 12.0. The van der Waals surface area contributed by atoms with E-state index in [-0.39, 0.29) is 25.0 Å². The smallest absolute Gasteiger partial charge is 0.306 e. The summed E-state index contributed by atoms with van der Waals surface area (Å²) in [6.45, 7) is -0.494. The van der Waals surface area contributed by atoms with Gasteiger partial charge in [-0.2, -0.15) is 0 Å². The van der Waals surface area contributed by atoms with E-state index in [1.165, 1.54) is 11.9 Å². The second-order valence-corrected chi connectivity index (χ2v) is 6.70. The highest BCUT2D eigenvalue weighted by Gasteiger charge is 2.21. The molecule has 0 atom stereocenters. The quantitative estimate of drug-likeness (QED) is 0.753. The molecule has 6 nitrogen and oxygen atoms in total. The Balaban J connectivity index is 1.71. The van der Waals surface area contributed by atoms with Crippen molar-refractivity contribution in [3.05, 3.63) is 29.3 Å². The van der Waals surface area contributed by atoms with Gasteiger partial charge in [-0.1, -0.05) is 36.6 Å². The molecule has 0 heterocycles. The summed E-state index contributed by atoms with van der Waals surface area (Å²) in [6, 6.07) is 6.84. The molecule has 0 saturated heterocycles. The van der Waals surface area contributed by atoms with Crippen LogP contribution in [0.3, 0.4) is 0 Å². The number of rotatable bonds is 7. The average Bonchev–Trinajstić information content (AvgIpc) is 3.07. The Hall–Kier alpha value is -2.08. The number of likely N-dealkylation sites (N-methyl/N-ethyl adjacent to an activating group) is 1. The molecule has 0 aliphatic heterocycles. The molecule has 0 unspecified atom stereocenters. The SMILES string of the molecule is CN(CC(=O)Nc1ccccc1Cl)C(=O)COC(=O)CC1CCCC1. The van der Waals surface area contributed by atoms with Gasteiger partial charge in [0.1, 0.15) is 0 Å². The zero-order valence-corrected chi connectivity index (χ0v) is 15.1. The first-order valence-corrected chi connectivity index (χ1v) is 8.77. The third-order valence-corrected chi connectivity index (χ3v) is 4.57. The predicted octanol–water partition coefficient (Wildman–Crippen LogP) is 2.86. The van der Waals surface area contributed by atoms with E-state index in [2.05, 4.69) is 5.32 Å². The van der Waals surface area contributed by atoms with Crippen LogP contribution in [0.25, 0.3) is 0 Å². The minimum atomic E-state index is -0.422. The molecule has 0 bridgehead atoms. The molecule has 1 N–H and O–H groups in total. The third-order valence-electron chi connectivity index (χ3n) is 4.24. The second kappa shape index (κ2) is 9.42. The largest absolute Gasteiger partial charge is 0.456 e. The maximum Gasteiger partial charge on any atom is 0.306 e. The fourth-order valence-electron chi connectivity index (χ4n) is 2.82. The number of hydrogen-bond donors (Lipinski definition) is 1. The Morgan fingerprint density at radius 2 is 1.92 bits per heavy atom. The number of carbonyl (C=O) groups is 3. The summed E-state index contributed by atoms with van der Waals surface area (Å²) >= 11 is 5.97. The van der Waals surface area contributed by atoms with Crippen molar-refractivity contribution in [2.75, 3.05) is 25.5 Å². The summed E-state index contributed by atoms with van der Waals surface area (Å²) in [4.78, 5) is 36.9. The van der Waals surface area contributed by atoms with Gasteiger partial charge in [0.25, 0.3) is 5.91 Å². The summed E-state index contributed by atoms with van der Waals surface area (Å²) in [7, 11) is 1.49. The van der Waals surface area contributed by atoms with E-state index in [9.17, 15) is 14.4 Å². The van der Waals surface area contributed by atoms with Gasteiger partial charge in [0.05, 0.1) is 17.3 Å². The number of para-hydroxylation sites is 1. The molecule has 1 aliphatic rings. The molecule has 0 aromatic heterocycles. The molecule has 136 valence electrons. The summed E-state index contributed by atoms with van der Waals surface area (Å²) < 4.78 is 5.02. The fourth-order valence-corrected chi connectivity index (χ4v) is 3.00.